The molecule has 0 saturated carbocycles. The van der Waals surface area contributed by atoms with Crippen molar-refractivity contribution < 1.29 is 37.9 Å². The maximum atomic E-state index is 12.1. The van der Waals surface area contributed by atoms with Gasteiger partial charge in [-0.1, -0.05) is 160 Å². The van der Waals surface area contributed by atoms with E-state index >= 15 is 0 Å². The van der Waals surface area contributed by atoms with Gasteiger partial charge in [0.25, 0.3) is 0 Å². The summed E-state index contributed by atoms with van der Waals surface area (Å²) >= 11 is 0. The molecule has 0 radical (unpaired) electrons. The van der Waals surface area contributed by atoms with Crippen LogP contribution in [0.2, 0.25) is 0 Å². The average molecular weight is 744 g/mol. The van der Waals surface area contributed by atoms with Crippen LogP contribution in [0.25, 0.3) is 0 Å². The first-order valence-corrected chi connectivity index (χ1v) is 22.3. The van der Waals surface area contributed by atoms with Crippen molar-refractivity contribution in [3.8, 4) is 0 Å². The second-order valence-electron chi connectivity index (χ2n) is 14.0. The highest BCUT2D eigenvalue weighted by Gasteiger charge is 2.23. The van der Waals surface area contributed by atoms with E-state index in [0.29, 0.717) is 6.42 Å². The molecule has 2 unspecified atom stereocenters. The molecule has 0 aliphatic heterocycles. The van der Waals surface area contributed by atoms with Crippen LogP contribution in [0.1, 0.15) is 194 Å². The number of esters is 1. The van der Waals surface area contributed by atoms with Gasteiger partial charge in [0, 0.05) is 19.4 Å². The van der Waals surface area contributed by atoms with Gasteiger partial charge in [0.1, 0.15) is 12.7 Å². The van der Waals surface area contributed by atoms with Gasteiger partial charge in [0.05, 0.1) is 13.2 Å². The van der Waals surface area contributed by atoms with Crippen molar-refractivity contribution in [3.63, 3.8) is 0 Å². The van der Waals surface area contributed by atoms with Crippen molar-refractivity contribution >= 4 is 19.7 Å². The SMILES string of the molecule is CCCCC/C=C\C/C=C\CCCCCCCC(=O)OCC(O)COP(=O)(O)OCCNC(=O)CCCCCCCCCCCCCCCCC. The summed E-state index contributed by atoms with van der Waals surface area (Å²) in [6.07, 6.45) is 39.6. The van der Waals surface area contributed by atoms with Gasteiger partial charge in [0.15, 0.2) is 0 Å². The normalized spacial score (nSPS) is 13.6. The molecule has 0 aromatic rings. The lowest BCUT2D eigenvalue weighted by molar-refractivity contribution is -0.147. The third-order valence-corrected chi connectivity index (χ3v) is 9.87. The van der Waals surface area contributed by atoms with Crippen molar-refractivity contribution in [2.24, 2.45) is 0 Å². The van der Waals surface area contributed by atoms with Gasteiger partial charge in [-0.25, -0.2) is 4.57 Å². The second kappa shape index (κ2) is 38.2. The first-order valence-electron chi connectivity index (χ1n) is 20.8. The van der Waals surface area contributed by atoms with E-state index in [4.69, 9.17) is 13.8 Å². The molecule has 51 heavy (non-hydrogen) atoms. The molecule has 0 bridgehead atoms. The summed E-state index contributed by atoms with van der Waals surface area (Å²) in [7, 11) is -4.41. The van der Waals surface area contributed by atoms with E-state index in [0.717, 1.165) is 64.2 Å². The Labute approximate surface area is 312 Å². The number of hydrogen-bond donors (Lipinski definition) is 3. The lowest BCUT2D eigenvalue weighted by atomic mass is 10.0. The van der Waals surface area contributed by atoms with Gasteiger partial charge in [-0.2, -0.15) is 0 Å². The number of aliphatic hydroxyl groups is 1. The molecule has 3 N–H and O–H groups in total. The highest BCUT2D eigenvalue weighted by atomic mass is 31.2. The van der Waals surface area contributed by atoms with E-state index in [2.05, 4.69) is 43.5 Å². The van der Waals surface area contributed by atoms with Crippen LogP contribution in [0.3, 0.4) is 0 Å². The minimum atomic E-state index is -4.41. The minimum Gasteiger partial charge on any atom is -0.463 e. The highest BCUT2D eigenvalue weighted by molar-refractivity contribution is 7.47. The number of aliphatic hydroxyl groups excluding tert-OH is 1. The summed E-state index contributed by atoms with van der Waals surface area (Å²) in [4.78, 5) is 33.8. The Hall–Kier alpha value is -1.51. The predicted molar refractivity (Wildman–Crippen MR) is 211 cm³/mol. The van der Waals surface area contributed by atoms with E-state index in [1.54, 1.807) is 0 Å². The highest BCUT2D eigenvalue weighted by Crippen LogP contribution is 2.42. The molecule has 0 aliphatic carbocycles. The molecule has 9 nitrogen and oxygen atoms in total. The van der Waals surface area contributed by atoms with Crippen LogP contribution in [-0.4, -0.2) is 54.3 Å². The molecule has 0 aromatic carbocycles. The molecule has 0 rings (SSSR count). The van der Waals surface area contributed by atoms with Crippen molar-refractivity contribution in [1.29, 1.82) is 0 Å². The fraction of sp³-hybridized carbons (Fsp3) is 0.854. The van der Waals surface area contributed by atoms with Crippen LogP contribution in [0, 0.1) is 0 Å². The summed E-state index contributed by atoms with van der Waals surface area (Å²) in [6.45, 7) is 3.52. The monoisotopic (exact) mass is 744 g/mol. The zero-order chi connectivity index (χ0) is 37.5. The second-order valence-corrected chi connectivity index (χ2v) is 15.4. The Balaban J connectivity index is 3.61. The Morgan fingerprint density at radius 3 is 1.61 bits per heavy atom. The molecule has 0 aromatic heterocycles. The van der Waals surface area contributed by atoms with Crippen molar-refractivity contribution in [3.05, 3.63) is 24.3 Å². The molecular weight excluding hydrogens is 665 g/mol. The molecule has 0 heterocycles. The number of ether oxygens (including phenoxy) is 1. The lowest BCUT2D eigenvalue weighted by Gasteiger charge is -2.15. The van der Waals surface area contributed by atoms with E-state index < -0.39 is 26.5 Å². The molecule has 0 spiro atoms. The molecule has 0 aliphatic rings. The number of allylic oxidation sites excluding steroid dienone is 4. The topological polar surface area (TPSA) is 131 Å². The fourth-order valence-corrected chi connectivity index (χ4v) is 6.46. The van der Waals surface area contributed by atoms with Gasteiger partial charge in [-0.15, -0.1) is 0 Å². The Bertz CT molecular complexity index is 897. The third-order valence-electron chi connectivity index (χ3n) is 8.88. The molecule has 0 saturated heterocycles. The quantitative estimate of drug-likeness (QED) is 0.0245. The zero-order valence-electron chi connectivity index (χ0n) is 32.8. The standard InChI is InChI=1S/C41H78NO8P/c1-3-5-7-9-11-13-15-17-19-21-23-25-27-29-31-33-40(44)42-35-36-49-51(46,47)50-38-39(43)37-48-41(45)34-32-30-28-26-24-22-20-18-16-14-12-10-8-6-4-2/h12,14,18,20,39,43H,3-11,13,15-17,19,21-38H2,1-2H3,(H,42,44)(H,46,47)/b14-12-,20-18-. The zero-order valence-corrected chi connectivity index (χ0v) is 33.7. The van der Waals surface area contributed by atoms with E-state index in [1.807, 2.05) is 0 Å². The summed E-state index contributed by atoms with van der Waals surface area (Å²) in [5.41, 5.74) is 0. The average Bonchev–Trinajstić information content (AvgIpc) is 3.11. The van der Waals surface area contributed by atoms with Crippen molar-refractivity contribution in [2.45, 2.75) is 200 Å². The van der Waals surface area contributed by atoms with Gasteiger partial charge in [-0.05, 0) is 44.9 Å². The maximum absolute atomic E-state index is 12.1. The number of amides is 1. The summed E-state index contributed by atoms with van der Waals surface area (Å²) < 4.78 is 26.8. The van der Waals surface area contributed by atoms with Crippen molar-refractivity contribution in [2.75, 3.05) is 26.4 Å². The van der Waals surface area contributed by atoms with Crippen LogP contribution >= 0.6 is 7.82 Å². The number of unbranched alkanes of at least 4 members (excludes halogenated alkanes) is 22. The smallest absolute Gasteiger partial charge is 0.463 e. The van der Waals surface area contributed by atoms with Crippen LogP contribution < -0.4 is 5.32 Å². The Kier molecular flexibility index (Phi) is 37.1. The number of carbonyl (C=O) groups is 2. The van der Waals surface area contributed by atoms with Crippen molar-refractivity contribution in [1.82, 2.24) is 5.32 Å². The van der Waals surface area contributed by atoms with Crippen LogP contribution in [0.5, 0.6) is 0 Å². The van der Waals surface area contributed by atoms with Crippen LogP contribution in [-0.2, 0) is 27.9 Å². The molecule has 1 amide bonds. The largest absolute Gasteiger partial charge is 0.472 e. The maximum Gasteiger partial charge on any atom is 0.472 e. The molecule has 10 heteroatoms. The first-order chi connectivity index (χ1) is 24.8. The number of hydrogen-bond acceptors (Lipinski definition) is 7. The predicted octanol–water partition coefficient (Wildman–Crippen LogP) is 11.2. The minimum absolute atomic E-state index is 0.0832. The summed E-state index contributed by atoms with van der Waals surface area (Å²) in [6, 6.07) is 0. The first kappa shape index (κ1) is 49.5. The van der Waals surface area contributed by atoms with Gasteiger partial charge < -0.3 is 20.1 Å². The van der Waals surface area contributed by atoms with Gasteiger partial charge in [0.2, 0.25) is 5.91 Å². The number of phosphoric acid groups is 1. The third kappa shape index (κ3) is 39.5. The van der Waals surface area contributed by atoms with E-state index in [-0.39, 0.29) is 32.1 Å². The Morgan fingerprint density at radius 2 is 1.06 bits per heavy atom. The number of rotatable bonds is 39. The van der Waals surface area contributed by atoms with Gasteiger partial charge >= 0.3 is 13.8 Å². The number of nitrogens with one attached hydrogen (secondary N) is 1. The van der Waals surface area contributed by atoms with Crippen LogP contribution in [0.15, 0.2) is 24.3 Å². The molecular formula is C41H78NO8P. The Morgan fingerprint density at radius 1 is 0.608 bits per heavy atom. The number of carbonyl (C=O) groups excluding carboxylic acids is 2. The fourth-order valence-electron chi connectivity index (χ4n) is 5.70. The summed E-state index contributed by atoms with van der Waals surface area (Å²) in [5, 5.41) is 12.7. The summed E-state index contributed by atoms with van der Waals surface area (Å²) in [5.74, 6) is -0.526. The van der Waals surface area contributed by atoms with Gasteiger partial charge in [-0.3, -0.25) is 18.6 Å². The lowest BCUT2D eigenvalue weighted by Crippen LogP contribution is -2.27. The van der Waals surface area contributed by atoms with E-state index in [9.17, 15) is 24.2 Å². The molecule has 0 fully saturated rings. The molecule has 300 valence electrons. The van der Waals surface area contributed by atoms with E-state index in [1.165, 1.54) is 103 Å². The number of phosphoric ester groups is 1. The van der Waals surface area contributed by atoms with Crippen LogP contribution in [0.4, 0.5) is 0 Å². The molecule has 2 atom stereocenters.